The van der Waals surface area contributed by atoms with Gasteiger partial charge in [-0.2, -0.15) is 0 Å². The molecule has 19 heavy (non-hydrogen) atoms. The lowest BCUT2D eigenvalue weighted by Crippen LogP contribution is -2.43. The summed E-state index contributed by atoms with van der Waals surface area (Å²) in [7, 11) is 0. The van der Waals surface area contributed by atoms with E-state index in [2.05, 4.69) is 32.4 Å². The first-order valence-corrected chi connectivity index (χ1v) is 6.65. The number of pyridine rings is 1. The fourth-order valence-corrected chi connectivity index (χ4v) is 2.83. The summed E-state index contributed by atoms with van der Waals surface area (Å²) in [6.45, 7) is 4.86. The van der Waals surface area contributed by atoms with Crippen molar-refractivity contribution >= 4 is 0 Å². The highest BCUT2D eigenvalue weighted by Crippen LogP contribution is 2.26. The van der Waals surface area contributed by atoms with Gasteiger partial charge in [0, 0.05) is 43.9 Å². The van der Waals surface area contributed by atoms with Crippen LogP contribution in [0.2, 0.25) is 0 Å². The molecule has 0 aliphatic carbocycles. The molecule has 5 nitrogen and oxygen atoms in total. The zero-order valence-corrected chi connectivity index (χ0v) is 11.1. The normalized spacial score (nSPS) is 18.8. The van der Waals surface area contributed by atoms with Crippen LogP contribution in [-0.4, -0.2) is 32.0 Å². The van der Waals surface area contributed by atoms with Crippen LogP contribution in [-0.2, 0) is 13.1 Å². The molecule has 0 radical (unpaired) electrons. The van der Waals surface area contributed by atoms with E-state index in [0.29, 0.717) is 0 Å². The lowest BCUT2D eigenvalue weighted by molar-refractivity contribution is 0.135. The van der Waals surface area contributed by atoms with Gasteiger partial charge in [-0.25, -0.2) is 4.98 Å². The molecule has 0 saturated heterocycles. The lowest BCUT2D eigenvalue weighted by Gasteiger charge is -2.37. The van der Waals surface area contributed by atoms with Gasteiger partial charge in [0.2, 0.25) is 0 Å². The van der Waals surface area contributed by atoms with Crippen molar-refractivity contribution < 1.29 is 0 Å². The number of nitrogens with two attached hydrogens (primary N) is 1. The molecule has 0 amide bonds. The molecule has 2 N–H and O–H groups in total. The van der Waals surface area contributed by atoms with E-state index in [4.69, 9.17) is 5.73 Å². The fraction of sp³-hybridized carbons (Fsp3) is 0.429. The number of rotatable bonds is 3. The summed E-state index contributed by atoms with van der Waals surface area (Å²) in [5.74, 6) is 1.11. The van der Waals surface area contributed by atoms with Gasteiger partial charge >= 0.3 is 0 Å². The highest BCUT2D eigenvalue weighted by molar-refractivity contribution is 5.16. The monoisotopic (exact) mass is 257 g/mol. The second kappa shape index (κ2) is 5.11. The molecular formula is C14H19N5. The number of hydrogen-bond acceptors (Lipinski definition) is 4. The van der Waals surface area contributed by atoms with Crippen molar-refractivity contribution in [2.75, 3.05) is 6.54 Å². The van der Waals surface area contributed by atoms with E-state index in [1.807, 2.05) is 24.7 Å². The minimum Gasteiger partial charge on any atom is -0.333 e. The van der Waals surface area contributed by atoms with Gasteiger partial charge in [-0.15, -0.1) is 0 Å². The number of hydrogen-bond donors (Lipinski definition) is 1. The summed E-state index contributed by atoms with van der Waals surface area (Å²) < 4.78 is 2.21. The Balaban J connectivity index is 1.87. The smallest absolute Gasteiger partial charge is 0.122 e. The highest BCUT2D eigenvalue weighted by Gasteiger charge is 2.27. The number of aromatic nitrogens is 3. The van der Waals surface area contributed by atoms with Gasteiger partial charge in [-0.05, 0) is 18.6 Å². The molecule has 2 aromatic rings. The maximum Gasteiger partial charge on any atom is 0.122 e. The third kappa shape index (κ3) is 2.39. The molecule has 1 aliphatic heterocycles. The minimum absolute atomic E-state index is 0.0608. The molecule has 2 atom stereocenters. The van der Waals surface area contributed by atoms with E-state index in [1.54, 1.807) is 6.20 Å². The second-order valence-electron chi connectivity index (χ2n) is 5.10. The Morgan fingerprint density at radius 2 is 2.21 bits per heavy atom. The van der Waals surface area contributed by atoms with Gasteiger partial charge in [0.1, 0.15) is 5.82 Å². The van der Waals surface area contributed by atoms with E-state index in [1.165, 1.54) is 5.56 Å². The molecular weight excluding hydrogens is 238 g/mol. The second-order valence-corrected chi connectivity index (χ2v) is 5.10. The Kier molecular flexibility index (Phi) is 3.31. The molecule has 1 aliphatic rings. The number of nitrogens with zero attached hydrogens (tertiary/aromatic N) is 4. The molecule has 0 bridgehead atoms. The Bertz CT molecular complexity index is 534. The molecule has 2 unspecified atom stereocenters. The first-order chi connectivity index (χ1) is 9.25. The summed E-state index contributed by atoms with van der Waals surface area (Å²) >= 11 is 0. The maximum atomic E-state index is 6.20. The minimum atomic E-state index is 0.0608. The van der Waals surface area contributed by atoms with E-state index >= 15 is 0 Å². The zero-order chi connectivity index (χ0) is 13.2. The SMILES string of the molecule is CC(N)C(c1cccnc1)N1CCn2ccnc2C1. The van der Waals surface area contributed by atoms with Crippen LogP contribution < -0.4 is 5.73 Å². The Morgan fingerprint density at radius 1 is 1.32 bits per heavy atom. The Labute approximate surface area is 113 Å². The first kappa shape index (κ1) is 12.3. The van der Waals surface area contributed by atoms with Crippen LogP contribution in [0.3, 0.4) is 0 Å². The molecule has 0 aromatic carbocycles. The predicted molar refractivity (Wildman–Crippen MR) is 73.3 cm³/mol. The van der Waals surface area contributed by atoms with E-state index < -0.39 is 0 Å². The quantitative estimate of drug-likeness (QED) is 0.897. The van der Waals surface area contributed by atoms with Crippen molar-refractivity contribution in [3.8, 4) is 0 Å². The average molecular weight is 257 g/mol. The summed E-state index contributed by atoms with van der Waals surface area (Å²) in [6, 6.07) is 4.32. The molecule has 3 heterocycles. The number of fused-ring (bicyclic) bond motifs is 1. The molecule has 5 heteroatoms. The summed E-state index contributed by atoms with van der Waals surface area (Å²) in [6.07, 6.45) is 7.61. The van der Waals surface area contributed by atoms with E-state index in [9.17, 15) is 0 Å². The molecule has 0 spiro atoms. The zero-order valence-electron chi connectivity index (χ0n) is 11.1. The standard InChI is InChI=1S/C14H19N5/c1-11(15)14(12-3-2-4-16-9-12)19-8-7-18-6-5-17-13(18)10-19/h2-6,9,11,14H,7-8,10,15H2,1H3. The molecule has 0 fully saturated rings. The third-order valence-electron chi connectivity index (χ3n) is 3.69. The van der Waals surface area contributed by atoms with E-state index in [0.717, 1.165) is 25.5 Å². The van der Waals surface area contributed by atoms with Gasteiger partial charge < -0.3 is 10.3 Å². The summed E-state index contributed by atoms with van der Waals surface area (Å²) in [5.41, 5.74) is 7.38. The van der Waals surface area contributed by atoms with Gasteiger partial charge in [0.05, 0.1) is 12.6 Å². The maximum absolute atomic E-state index is 6.20. The molecule has 100 valence electrons. The van der Waals surface area contributed by atoms with Gasteiger partial charge in [0.25, 0.3) is 0 Å². The van der Waals surface area contributed by atoms with Crippen LogP contribution >= 0.6 is 0 Å². The van der Waals surface area contributed by atoms with Gasteiger partial charge in [0.15, 0.2) is 0 Å². The average Bonchev–Trinajstić information content (AvgIpc) is 2.87. The van der Waals surface area contributed by atoms with Gasteiger partial charge in [-0.3, -0.25) is 9.88 Å². The van der Waals surface area contributed by atoms with E-state index in [-0.39, 0.29) is 12.1 Å². The Morgan fingerprint density at radius 3 is 2.95 bits per heavy atom. The van der Waals surface area contributed by atoms with Crippen LogP contribution in [0.25, 0.3) is 0 Å². The van der Waals surface area contributed by atoms with Crippen LogP contribution in [0.5, 0.6) is 0 Å². The van der Waals surface area contributed by atoms with Crippen molar-refractivity contribution in [3.05, 3.63) is 48.3 Å². The predicted octanol–water partition coefficient (Wildman–Crippen LogP) is 1.18. The van der Waals surface area contributed by atoms with Crippen molar-refractivity contribution in [2.24, 2.45) is 5.73 Å². The third-order valence-corrected chi connectivity index (χ3v) is 3.69. The van der Waals surface area contributed by atoms with Crippen molar-refractivity contribution in [1.82, 2.24) is 19.4 Å². The summed E-state index contributed by atoms with van der Waals surface area (Å²) in [4.78, 5) is 11.0. The van der Waals surface area contributed by atoms with Gasteiger partial charge in [-0.1, -0.05) is 6.07 Å². The van der Waals surface area contributed by atoms with Crippen LogP contribution in [0.4, 0.5) is 0 Å². The fourth-order valence-electron chi connectivity index (χ4n) is 2.83. The van der Waals surface area contributed by atoms with Crippen molar-refractivity contribution in [2.45, 2.75) is 32.1 Å². The summed E-state index contributed by atoms with van der Waals surface area (Å²) in [5, 5.41) is 0. The largest absolute Gasteiger partial charge is 0.333 e. The topological polar surface area (TPSA) is 60.0 Å². The first-order valence-electron chi connectivity index (χ1n) is 6.65. The van der Waals surface area contributed by atoms with Crippen molar-refractivity contribution in [1.29, 1.82) is 0 Å². The number of imidazole rings is 1. The van der Waals surface area contributed by atoms with Crippen molar-refractivity contribution in [3.63, 3.8) is 0 Å². The Hall–Kier alpha value is -1.72. The molecule has 2 aromatic heterocycles. The molecule has 0 saturated carbocycles. The van der Waals surface area contributed by atoms with Crippen LogP contribution in [0.1, 0.15) is 24.4 Å². The lowest BCUT2D eigenvalue weighted by atomic mass is 10.0. The van der Waals surface area contributed by atoms with Crippen LogP contribution in [0, 0.1) is 0 Å². The molecule has 3 rings (SSSR count). The highest BCUT2D eigenvalue weighted by atomic mass is 15.3. The van der Waals surface area contributed by atoms with Crippen LogP contribution in [0.15, 0.2) is 36.9 Å².